The van der Waals surface area contributed by atoms with Crippen molar-refractivity contribution >= 4 is 9.84 Å². The van der Waals surface area contributed by atoms with Gasteiger partial charge >= 0.3 is 0 Å². The number of rotatable bonds is 7. The Kier molecular flexibility index (Phi) is 5.62. The zero-order valence-electron chi connectivity index (χ0n) is 11.8. The van der Waals surface area contributed by atoms with Crippen molar-refractivity contribution in [3.05, 3.63) is 23.8 Å². The van der Waals surface area contributed by atoms with Crippen LogP contribution in [0, 0.1) is 0 Å². The molecule has 1 aromatic carbocycles. The molecule has 0 aliphatic carbocycles. The average molecular weight is 287 g/mol. The van der Waals surface area contributed by atoms with Crippen LogP contribution in [0.4, 0.5) is 0 Å². The number of sulfone groups is 1. The molecule has 5 nitrogen and oxygen atoms in total. The molecule has 0 heterocycles. The summed E-state index contributed by atoms with van der Waals surface area (Å²) in [5.74, 6) is 1.46. The number of hydrogen-bond acceptors (Lipinski definition) is 5. The first-order valence-electron chi connectivity index (χ1n) is 6.07. The molecule has 1 N–H and O–H groups in total. The van der Waals surface area contributed by atoms with Crippen molar-refractivity contribution in [2.24, 2.45) is 0 Å². The summed E-state index contributed by atoms with van der Waals surface area (Å²) in [4.78, 5) is 0. The lowest BCUT2D eigenvalue weighted by atomic mass is 10.1. The molecule has 0 aliphatic heterocycles. The first-order chi connectivity index (χ1) is 8.97. The zero-order chi connectivity index (χ0) is 14.5. The third-order valence-electron chi connectivity index (χ3n) is 3.02. The third kappa shape index (κ3) is 4.11. The Morgan fingerprint density at radius 2 is 1.95 bits per heavy atom. The first-order valence-corrected chi connectivity index (χ1v) is 7.89. The number of hydrogen-bond donors (Lipinski definition) is 1. The predicted octanol–water partition coefficient (Wildman–Crippen LogP) is 1.40. The normalized spacial score (nSPS) is 13.1. The van der Waals surface area contributed by atoms with Gasteiger partial charge in [-0.2, -0.15) is 0 Å². The number of nitrogens with one attached hydrogen (secondary N) is 1. The van der Waals surface area contributed by atoms with E-state index in [0.29, 0.717) is 11.5 Å². The van der Waals surface area contributed by atoms with E-state index in [4.69, 9.17) is 9.47 Å². The zero-order valence-corrected chi connectivity index (χ0v) is 12.6. The molecule has 0 aliphatic rings. The maximum atomic E-state index is 11.8. The van der Waals surface area contributed by atoms with Gasteiger partial charge in [0.1, 0.15) is 11.5 Å². The van der Waals surface area contributed by atoms with Crippen LogP contribution in [0.3, 0.4) is 0 Å². The smallest absolute Gasteiger partial charge is 0.151 e. The highest BCUT2D eigenvalue weighted by atomic mass is 32.2. The molecule has 0 saturated heterocycles. The van der Waals surface area contributed by atoms with Gasteiger partial charge in [0, 0.05) is 23.4 Å². The van der Waals surface area contributed by atoms with Gasteiger partial charge in [-0.3, -0.25) is 0 Å². The second-order valence-electron chi connectivity index (χ2n) is 4.15. The molecule has 1 atom stereocenters. The van der Waals surface area contributed by atoms with E-state index in [1.807, 2.05) is 6.07 Å². The van der Waals surface area contributed by atoms with Crippen LogP contribution in [0.2, 0.25) is 0 Å². The molecule has 108 valence electrons. The summed E-state index contributed by atoms with van der Waals surface area (Å²) in [6.07, 6.45) is 0. The van der Waals surface area contributed by atoms with Crippen molar-refractivity contribution in [1.82, 2.24) is 5.32 Å². The maximum absolute atomic E-state index is 11.8. The third-order valence-corrected chi connectivity index (χ3v) is 4.75. The van der Waals surface area contributed by atoms with Crippen LogP contribution in [0.5, 0.6) is 11.5 Å². The highest BCUT2D eigenvalue weighted by Gasteiger charge is 2.21. The van der Waals surface area contributed by atoms with E-state index in [9.17, 15) is 8.42 Å². The van der Waals surface area contributed by atoms with Crippen molar-refractivity contribution in [3.8, 4) is 11.5 Å². The fourth-order valence-electron chi connectivity index (χ4n) is 1.81. The van der Waals surface area contributed by atoms with Crippen molar-refractivity contribution < 1.29 is 17.9 Å². The summed E-state index contributed by atoms with van der Waals surface area (Å²) in [5.41, 5.74) is 0.808. The molecule has 0 saturated carbocycles. The van der Waals surface area contributed by atoms with Crippen LogP contribution in [-0.4, -0.2) is 41.2 Å². The Morgan fingerprint density at radius 3 is 2.42 bits per heavy atom. The van der Waals surface area contributed by atoms with Crippen molar-refractivity contribution in [3.63, 3.8) is 0 Å². The number of methoxy groups -OCH3 is 2. The van der Waals surface area contributed by atoms with Crippen LogP contribution >= 0.6 is 0 Å². The van der Waals surface area contributed by atoms with Gasteiger partial charge < -0.3 is 14.8 Å². The molecule has 0 bridgehead atoms. The average Bonchev–Trinajstić information content (AvgIpc) is 2.44. The van der Waals surface area contributed by atoms with Crippen LogP contribution in [0.25, 0.3) is 0 Å². The van der Waals surface area contributed by atoms with Gasteiger partial charge in [-0.1, -0.05) is 13.0 Å². The summed E-state index contributed by atoms with van der Waals surface area (Å²) in [6.45, 7) is 1.65. The van der Waals surface area contributed by atoms with Crippen LogP contribution in [-0.2, 0) is 9.84 Å². The van der Waals surface area contributed by atoms with Gasteiger partial charge in [0.05, 0.1) is 20.0 Å². The molecule has 0 fully saturated rings. The van der Waals surface area contributed by atoms with E-state index < -0.39 is 9.84 Å². The molecule has 19 heavy (non-hydrogen) atoms. The molecule has 0 spiro atoms. The van der Waals surface area contributed by atoms with Crippen molar-refractivity contribution in [1.29, 1.82) is 0 Å². The highest BCUT2D eigenvalue weighted by Crippen LogP contribution is 2.30. The Hall–Kier alpha value is -1.27. The van der Waals surface area contributed by atoms with Gasteiger partial charge in [-0.25, -0.2) is 8.42 Å². The van der Waals surface area contributed by atoms with Crippen molar-refractivity contribution in [2.45, 2.75) is 13.0 Å². The van der Waals surface area contributed by atoms with Gasteiger partial charge in [0.2, 0.25) is 0 Å². The summed E-state index contributed by atoms with van der Waals surface area (Å²) in [6, 6.07) is 5.06. The monoisotopic (exact) mass is 287 g/mol. The summed E-state index contributed by atoms with van der Waals surface area (Å²) in [5, 5.41) is 3.02. The van der Waals surface area contributed by atoms with Crippen LogP contribution in [0.1, 0.15) is 18.5 Å². The van der Waals surface area contributed by atoms with E-state index in [1.165, 1.54) is 0 Å². The molecule has 0 amide bonds. The number of benzene rings is 1. The lowest BCUT2D eigenvalue weighted by Crippen LogP contribution is -2.26. The van der Waals surface area contributed by atoms with E-state index in [-0.39, 0.29) is 17.5 Å². The van der Waals surface area contributed by atoms with Crippen LogP contribution < -0.4 is 14.8 Å². The summed E-state index contributed by atoms with van der Waals surface area (Å²) < 4.78 is 34.0. The molecule has 6 heteroatoms. The second-order valence-corrected chi connectivity index (χ2v) is 6.55. The Bertz CT molecular complexity index is 513. The predicted molar refractivity (Wildman–Crippen MR) is 75.7 cm³/mol. The van der Waals surface area contributed by atoms with Gasteiger partial charge in [0.15, 0.2) is 9.84 Å². The minimum Gasteiger partial charge on any atom is -0.497 e. The molecule has 1 aromatic rings. The SMILES string of the molecule is CCS(=O)(=O)CC(NC)c1ccc(OC)cc1OC. The van der Waals surface area contributed by atoms with Gasteiger partial charge in [-0.15, -0.1) is 0 Å². The maximum Gasteiger partial charge on any atom is 0.151 e. The standard InChI is InChI=1S/C13H21NO4S/c1-5-19(15,16)9-12(14-2)11-7-6-10(17-3)8-13(11)18-4/h6-8,12,14H,5,9H2,1-4H3. The summed E-state index contributed by atoms with van der Waals surface area (Å²) in [7, 11) is 1.80. The lowest BCUT2D eigenvalue weighted by molar-refractivity contribution is 0.387. The van der Waals surface area contributed by atoms with Crippen molar-refractivity contribution in [2.75, 3.05) is 32.8 Å². The molecule has 1 rings (SSSR count). The van der Waals surface area contributed by atoms with E-state index in [1.54, 1.807) is 40.3 Å². The Morgan fingerprint density at radius 1 is 1.26 bits per heavy atom. The van der Waals surface area contributed by atoms with E-state index in [2.05, 4.69) is 5.32 Å². The Balaban J connectivity index is 3.11. The van der Waals surface area contributed by atoms with Gasteiger partial charge in [0.25, 0.3) is 0 Å². The molecule has 1 unspecified atom stereocenters. The van der Waals surface area contributed by atoms with Gasteiger partial charge in [-0.05, 0) is 13.1 Å². The molecular weight excluding hydrogens is 266 g/mol. The molecule has 0 radical (unpaired) electrons. The largest absolute Gasteiger partial charge is 0.497 e. The fourth-order valence-corrected chi connectivity index (χ4v) is 2.90. The minimum absolute atomic E-state index is 0.0443. The van der Waals surface area contributed by atoms with E-state index in [0.717, 1.165) is 5.56 Å². The highest BCUT2D eigenvalue weighted by molar-refractivity contribution is 7.91. The Labute approximate surface area is 114 Å². The minimum atomic E-state index is -3.07. The first kappa shape index (κ1) is 15.8. The topological polar surface area (TPSA) is 64.6 Å². The molecule has 0 aromatic heterocycles. The fraction of sp³-hybridized carbons (Fsp3) is 0.538. The summed E-state index contributed by atoms with van der Waals surface area (Å²) >= 11 is 0. The van der Waals surface area contributed by atoms with Crippen LogP contribution in [0.15, 0.2) is 18.2 Å². The number of ether oxygens (including phenoxy) is 2. The lowest BCUT2D eigenvalue weighted by Gasteiger charge is -2.19. The molecular formula is C13H21NO4S. The second kappa shape index (κ2) is 6.77. The van der Waals surface area contributed by atoms with E-state index >= 15 is 0 Å². The quantitative estimate of drug-likeness (QED) is 0.821.